The van der Waals surface area contributed by atoms with Gasteiger partial charge in [0, 0.05) is 36.9 Å². The summed E-state index contributed by atoms with van der Waals surface area (Å²) in [6.45, 7) is 4.77. The number of benzene rings is 2. The fourth-order valence-electron chi connectivity index (χ4n) is 3.16. The first-order valence-corrected chi connectivity index (χ1v) is 10.1. The first kappa shape index (κ1) is 21.1. The van der Waals surface area contributed by atoms with Gasteiger partial charge in [0.2, 0.25) is 11.8 Å². The topological polar surface area (TPSA) is 61.9 Å². The van der Waals surface area contributed by atoms with Gasteiger partial charge in [-0.15, -0.1) is 0 Å². The van der Waals surface area contributed by atoms with E-state index in [4.69, 9.17) is 16.3 Å². The Hall–Kier alpha value is -2.57. The third-order valence-corrected chi connectivity index (χ3v) is 5.20. The van der Waals surface area contributed by atoms with Gasteiger partial charge in [-0.2, -0.15) is 0 Å². The summed E-state index contributed by atoms with van der Waals surface area (Å²) < 4.78 is 5.59. The fourth-order valence-corrected chi connectivity index (χ4v) is 3.28. The van der Waals surface area contributed by atoms with Gasteiger partial charge in [-0.05, 0) is 36.8 Å². The summed E-state index contributed by atoms with van der Waals surface area (Å²) in [6, 6.07) is 17.4. The van der Waals surface area contributed by atoms with Crippen LogP contribution >= 0.6 is 11.6 Å². The van der Waals surface area contributed by atoms with Crippen LogP contribution < -0.4 is 10.2 Å². The Balaban J connectivity index is 1.38. The summed E-state index contributed by atoms with van der Waals surface area (Å²) in [4.78, 5) is 28.6. The number of carbonyl (C=O) groups is 2. The van der Waals surface area contributed by atoms with Crippen molar-refractivity contribution < 1.29 is 14.3 Å². The number of carbonyl (C=O) groups excluding carboxylic acids is 2. The number of ether oxygens (including phenoxy) is 1. The molecule has 1 fully saturated rings. The van der Waals surface area contributed by atoms with E-state index in [2.05, 4.69) is 10.2 Å². The van der Waals surface area contributed by atoms with E-state index in [-0.39, 0.29) is 18.4 Å². The maximum absolute atomic E-state index is 12.4. The lowest BCUT2D eigenvalue weighted by molar-refractivity contribution is -0.137. The molecule has 1 N–H and O–H groups in total. The molecule has 0 saturated carbocycles. The van der Waals surface area contributed by atoms with Crippen LogP contribution in [0.1, 0.15) is 12.5 Å². The number of nitrogens with zero attached hydrogens (tertiary/aromatic N) is 2. The van der Waals surface area contributed by atoms with Crippen LogP contribution in [-0.2, 0) is 20.9 Å². The third kappa shape index (κ3) is 6.21. The van der Waals surface area contributed by atoms with E-state index in [9.17, 15) is 9.59 Å². The van der Waals surface area contributed by atoms with Crippen LogP contribution in [0.4, 0.5) is 5.69 Å². The molecule has 1 atom stereocenters. The highest BCUT2D eigenvalue weighted by Gasteiger charge is 2.22. The molecule has 1 aliphatic rings. The van der Waals surface area contributed by atoms with Gasteiger partial charge in [-0.3, -0.25) is 9.59 Å². The maximum Gasteiger partial charge on any atom is 0.249 e. The molecule has 1 heterocycles. The zero-order chi connectivity index (χ0) is 20.6. The van der Waals surface area contributed by atoms with E-state index < -0.39 is 6.10 Å². The minimum Gasteiger partial charge on any atom is -0.368 e. The van der Waals surface area contributed by atoms with E-state index in [1.165, 1.54) is 0 Å². The Kier molecular flexibility index (Phi) is 7.49. The molecular formula is C22H26ClN3O3. The zero-order valence-corrected chi connectivity index (χ0v) is 17.3. The van der Waals surface area contributed by atoms with Gasteiger partial charge in [0.25, 0.3) is 0 Å². The second kappa shape index (κ2) is 10.3. The largest absolute Gasteiger partial charge is 0.368 e. The van der Waals surface area contributed by atoms with Gasteiger partial charge in [0.15, 0.2) is 0 Å². The third-order valence-electron chi connectivity index (χ3n) is 4.95. The lowest BCUT2D eigenvalue weighted by Gasteiger charge is -2.36. The lowest BCUT2D eigenvalue weighted by Crippen LogP contribution is -2.51. The highest BCUT2D eigenvalue weighted by molar-refractivity contribution is 6.30. The number of hydrogen-bond donors (Lipinski definition) is 1. The number of nitrogens with one attached hydrogen (secondary N) is 1. The van der Waals surface area contributed by atoms with Crippen LogP contribution in [0.25, 0.3) is 0 Å². The molecule has 2 aromatic rings. The summed E-state index contributed by atoms with van der Waals surface area (Å²) in [5, 5.41) is 3.39. The van der Waals surface area contributed by atoms with Crippen molar-refractivity contribution in [3.63, 3.8) is 0 Å². The monoisotopic (exact) mass is 415 g/mol. The van der Waals surface area contributed by atoms with Crippen molar-refractivity contribution in [1.82, 2.24) is 10.2 Å². The summed E-state index contributed by atoms with van der Waals surface area (Å²) in [6.07, 6.45) is -0.621. The van der Waals surface area contributed by atoms with E-state index in [0.29, 0.717) is 24.7 Å². The molecule has 1 saturated heterocycles. The molecule has 0 bridgehead atoms. The van der Waals surface area contributed by atoms with E-state index in [1.54, 1.807) is 11.8 Å². The average molecular weight is 416 g/mol. The molecule has 154 valence electrons. The molecule has 3 rings (SSSR count). The summed E-state index contributed by atoms with van der Waals surface area (Å²) in [7, 11) is 0. The molecule has 0 spiro atoms. The van der Waals surface area contributed by atoms with Gasteiger partial charge in [0.05, 0.1) is 13.2 Å². The lowest BCUT2D eigenvalue weighted by atomic mass is 10.2. The number of amides is 2. The number of rotatable bonds is 7. The average Bonchev–Trinajstić information content (AvgIpc) is 2.77. The quantitative estimate of drug-likeness (QED) is 0.755. The predicted molar refractivity (Wildman–Crippen MR) is 114 cm³/mol. The van der Waals surface area contributed by atoms with Crippen molar-refractivity contribution in [2.75, 3.05) is 37.6 Å². The van der Waals surface area contributed by atoms with Crippen LogP contribution in [0.5, 0.6) is 0 Å². The number of hydrogen-bond acceptors (Lipinski definition) is 4. The zero-order valence-electron chi connectivity index (χ0n) is 16.5. The van der Waals surface area contributed by atoms with Crippen LogP contribution in [0, 0.1) is 0 Å². The molecule has 1 aliphatic heterocycles. The minimum atomic E-state index is -0.621. The van der Waals surface area contributed by atoms with Crippen molar-refractivity contribution in [3.8, 4) is 0 Å². The SMILES string of the molecule is CC(OCc1ccccc1)C(=O)NCC(=O)N1CCN(c2ccc(Cl)cc2)CC1. The normalized spacial score (nSPS) is 15.1. The van der Waals surface area contributed by atoms with E-state index in [1.807, 2.05) is 54.6 Å². The van der Waals surface area contributed by atoms with E-state index >= 15 is 0 Å². The number of piperazine rings is 1. The van der Waals surface area contributed by atoms with Crippen LogP contribution in [0.2, 0.25) is 5.02 Å². The number of anilines is 1. The van der Waals surface area contributed by atoms with Gasteiger partial charge >= 0.3 is 0 Å². The van der Waals surface area contributed by atoms with Gasteiger partial charge in [0.1, 0.15) is 6.10 Å². The summed E-state index contributed by atoms with van der Waals surface area (Å²) >= 11 is 5.93. The van der Waals surface area contributed by atoms with Gasteiger partial charge < -0.3 is 19.9 Å². The fraction of sp³-hybridized carbons (Fsp3) is 0.364. The Morgan fingerprint density at radius 3 is 2.34 bits per heavy atom. The smallest absolute Gasteiger partial charge is 0.249 e. The predicted octanol–water partition coefficient (Wildman–Crippen LogP) is 2.71. The van der Waals surface area contributed by atoms with Crippen LogP contribution in [0.3, 0.4) is 0 Å². The molecule has 29 heavy (non-hydrogen) atoms. The Morgan fingerprint density at radius 1 is 1.03 bits per heavy atom. The summed E-state index contributed by atoms with van der Waals surface area (Å²) in [5.74, 6) is -0.363. The second-order valence-electron chi connectivity index (χ2n) is 7.00. The van der Waals surface area contributed by atoms with Crippen LogP contribution in [0.15, 0.2) is 54.6 Å². The number of halogens is 1. The molecule has 0 aromatic heterocycles. The van der Waals surface area contributed by atoms with Crippen molar-refractivity contribution in [3.05, 3.63) is 65.2 Å². The van der Waals surface area contributed by atoms with Crippen LogP contribution in [-0.4, -0.2) is 55.5 Å². The maximum atomic E-state index is 12.4. The molecule has 0 radical (unpaired) electrons. The highest BCUT2D eigenvalue weighted by Crippen LogP contribution is 2.19. The van der Waals surface area contributed by atoms with Crippen molar-refractivity contribution in [1.29, 1.82) is 0 Å². The second-order valence-corrected chi connectivity index (χ2v) is 7.44. The van der Waals surface area contributed by atoms with Crippen molar-refractivity contribution in [2.24, 2.45) is 0 Å². The molecule has 1 unspecified atom stereocenters. The molecule has 0 aliphatic carbocycles. The molecule has 6 nitrogen and oxygen atoms in total. The Bertz CT molecular complexity index is 806. The molecular weight excluding hydrogens is 390 g/mol. The molecule has 7 heteroatoms. The first-order chi connectivity index (χ1) is 14.0. The van der Waals surface area contributed by atoms with Crippen molar-refractivity contribution >= 4 is 29.1 Å². The van der Waals surface area contributed by atoms with Crippen molar-refractivity contribution in [2.45, 2.75) is 19.6 Å². The first-order valence-electron chi connectivity index (χ1n) is 9.74. The molecule has 2 amide bonds. The Labute approximate surface area is 176 Å². The van der Waals surface area contributed by atoms with Gasteiger partial charge in [-0.25, -0.2) is 0 Å². The standard InChI is InChI=1S/C22H26ClN3O3/c1-17(29-16-18-5-3-2-4-6-18)22(28)24-15-21(27)26-13-11-25(12-14-26)20-9-7-19(23)8-10-20/h2-10,17H,11-16H2,1H3,(H,24,28). The van der Waals surface area contributed by atoms with Gasteiger partial charge in [-0.1, -0.05) is 41.9 Å². The summed E-state index contributed by atoms with van der Waals surface area (Å²) in [5.41, 5.74) is 2.10. The minimum absolute atomic E-state index is 0.0151. The molecule has 2 aromatic carbocycles. The highest BCUT2D eigenvalue weighted by atomic mass is 35.5. The Morgan fingerprint density at radius 2 is 1.69 bits per heavy atom. The van der Waals surface area contributed by atoms with E-state index in [0.717, 1.165) is 24.3 Å².